The second-order valence-corrected chi connectivity index (χ2v) is 4.66. The third kappa shape index (κ3) is 1.74. The molecular formula is C11H12BrNO2. The highest BCUT2D eigenvalue weighted by Gasteiger charge is 2.33. The molecule has 1 saturated carbocycles. The van der Waals surface area contributed by atoms with Crippen LogP contribution in [0.1, 0.15) is 19.8 Å². The van der Waals surface area contributed by atoms with Crippen LogP contribution < -0.4 is 0 Å². The van der Waals surface area contributed by atoms with Gasteiger partial charge in [-0.15, -0.1) is 0 Å². The number of allylic oxidation sites excluding steroid dienone is 2. The van der Waals surface area contributed by atoms with E-state index in [2.05, 4.69) is 22.5 Å². The number of hydrogen-bond acceptors (Lipinski definition) is 2. The smallest absolute Gasteiger partial charge is 0.337 e. The first-order valence-corrected chi connectivity index (χ1v) is 5.61. The van der Waals surface area contributed by atoms with Gasteiger partial charge in [-0.2, -0.15) is 0 Å². The highest BCUT2D eigenvalue weighted by atomic mass is 79.9. The number of hydrogen-bond donors (Lipinski definition) is 1. The SMILES string of the molecule is C=C1C(C(=O)O)=CN(C2CC2)C(C)=C1Br. The van der Waals surface area contributed by atoms with Crippen molar-refractivity contribution in [2.24, 2.45) is 0 Å². The fourth-order valence-electron chi connectivity index (χ4n) is 1.68. The standard InChI is InChI=1S/C11H12BrNO2/c1-6-9(11(14)15)5-13(8-3-4-8)7(2)10(6)12/h5,8H,1,3-4H2,2H3,(H,14,15). The summed E-state index contributed by atoms with van der Waals surface area (Å²) in [5.74, 6) is -0.921. The van der Waals surface area contributed by atoms with Crippen LogP contribution >= 0.6 is 15.9 Å². The van der Waals surface area contributed by atoms with Crippen LogP contribution in [0.15, 0.2) is 34.1 Å². The molecule has 0 aromatic heterocycles. The van der Waals surface area contributed by atoms with Crippen LogP contribution in [0, 0.1) is 0 Å². The molecule has 1 N–H and O–H groups in total. The van der Waals surface area contributed by atoms with Gasteiger partial charge >= 0.3 is 5.97 Å². The molecule has 3 nitrogen and oxygen atoms in total. The molecule has 1 aliphatic heterocycles. The largest absolute Gasteiger partial charge is 0.478 e. The summed E-state index contributed by atoms with van der Waals surface area (Å²) < 4.78 is 0.800. The molecule has 2 aliphatic rings. The van der Waals surface area contributed by atoms with E-state index in [1.807, 2.05) is 11.8 Å². The first-order chi connectivity index (χ1) is 7.02. The Kier molecular flexibility index (Phi) is 2.46. The van der Waals surface area contributed by atoms with E-state index in [0.717, 1.165) is 23.0 Å². The molecule has 0 spiro atoms. The van der Waals surface area contributed by atoms with E-state index >= 15 is 0 Å². The van der Waals surface area contributed by atoms with Gasteiger partial charge in [0, 0.05) is 22.4 Å². The number of halogens is 1. The zero-order valence-corrected chi connectivity index (χ0v) is 10.0. The van der Waals surface area contributed by atoms with Gasteiger partial charge in [0.25, 0.3) is 0 Å². The van der Waals surface area contributed by atoms with Crippen molar-refractivity contribution < 1.29 is 9.90 Å². The minimum absolute atomic E-state index is 0.277. The number of carboxylic acids is 1. The third-order valence-corrected chi connectivity index (χ3v) is 3.79. The number of aliphatic carboxylic acids is 1. The molecule has 1 fully saturated rings. The maximum atomic E-state index is 11.0. The van der Waals surface area contributed by atoms with Crippen molar-refractivity contribution in [1.29, 1.82) is 0 Å². The molecule has 0 atom stereocenters. The lowest BCUT2D eigenvalue weighted by Gasteiger charge is -2.28. The van der Waals surface area contributed by atoms with Crippen LogP contribution in [-0.4, -0.2) is 22.0 Å². The molecular weight excluding hydrogens is 258 g/mol. The number of carbonyl (C=O) groups is 1. The zero-order chi connectivity index (χ0) is 11.2. The summed E-state index contributed by atoms with van der Waals surface area (Å²) in [6, 6.07) is 0.472. The Morgan fingerprint density at radius 1 is 1.67 bits per heavy atom. The van der Waals surface area contributed by atoms with Gasteiger partial charge in [-0.05, 0) is 41.3 Å². The number of rotatable bonds is 2. The number of nitrogens with zero attached hydrogens (tertiary/aromatic N) is 1. The summed E-state index contributed by atoms with van der Waals surface area (Å²) >= 11 is 3.40. The predicted molar refractivity (Wildman–Crippen MR) is 61.3 cm³/mol. The Balaban J connectivity index is 2.39. The van der Waals surface area contributed by atoms with Crippen LogP contribution in [0.5, 0.6) is 0 Å². The van der Waals surface area contributed by atoms with Crippen molar-refractivity contribution in [3.8, 4) is 0 Å². The van der Waals surface area contributed by atoms with E-state index in [-0.39, 0.29) is 5.57 Å². The first-order valence-electron chi connectivity index (χ1n) is 4.82. The first kappa shape index (κ1) is 10.5. The molecule has 2 rings (SSSR count). The maximum Gasteiger partial charge on any atom is 0.337 e. The van der Waals surface area contributed by atoms with Gasteiger partial charge in [0.15, 0.2) is 0 Å². The molecule has 15 heavy (non-hydrogen) atoms. The van der Waals surface area contributed by atoms with E-state index in [1.165, 1.54) is 0 Å². The van der Waals surface area contributed by atoms with Gasteiger partial charge in [-0.25, -0.2) is 4.79 Å². The maximum absolute atomic E-state index is 11.0. The molecule has 0 radical (unpaired) electrons. The number of carboxylic acid groups (broad SMARTS) is 1. The Morgan fingerprint density at radius 3 is 2.73 bits per heavy atom. The molecule has 0 aromatic rings. The van der Waals surface area contributed by atoms with Crippen molar-refractivity contribution in [2.75, 3.05) is 0 Å². The van der Waals surface area contributed by atoms with Crippen molar-refractivity contribution >= 4 is 21.9 Å². The Hall–Kier alpha value is -1.03. The normalized spacial score (nSPS) is 21.9. The quantitative estimate of drug-likeness (QED) is 0.838. The Labute approximate surface area is 96.9 Å². The van der Waals surface area contributed by atoms with E-state index < -0.39 is 5.97 Å². The minimum atomic E-state index is -0.921. The van der Waals surface area contributed by atoms with E-state index in [9.17, 15) is 4.79 Å². The van der Waals surface area contributed by atoms with Crippen LogP contribution in [0.2, 0.25) is 0 Å². The molecule has 0 bridgehead atoms. The highest BCUT2D eigenvalue weighted by molar-refractivity contribution is 9.12. The van der Waals surface area contributed by atoms with Crippen molar-refractivity contribution in [3.63, 3.8) is 0 Å². The summed E-state index contributed by atoms with van der Waals surface area (Å²) in [5.41, 5.74) is 1.88. The van der Waals surface area contributed by atoms with Crippen molar-refractivity contribution in [1.82, 2.24) is 4.90 Å². The predicted octanol–water partition coefficient (Wildman–Crippen LogP) is 2.62. The fraction of sp³-hybridized carbons (Fsp3) is 0.364. The summed E-state index contributed by atoms with van der Waals surface area (Å²) in [6.45, 7) is 5.76. The lowest BCUT2D eigenvalue weighted by Crippen LogP contribution is -2.24. The minimum Gasteiger partial charge on any atom is -0.478 e. The highest BCUT2D eigenvalue weighted by Crippen LogP contribution is 2.39. The molecule has 0 amide bonds. The van der Waals surface area contributed by atoms with Crippen LogP contribution in [-0.2, 0) is 4.79 Å². The monoisotopic (exact) mass is 269 g/mol. The average Bonchev–Trinajstić information content (AvgIpc) is 2.97. The van der Waals surface area contributed by atoms with Gasteiger partial charge in [-0.1, -0.05) is 6.58 Å². The molecule has 0 unspecified atom stereocenters. The van der Waals surface area contributed by atoms with Crippen LogP contribution in [0.3, 0.4) is 0 Å². The Bertz CT molecular complexity index is 405. The average molecular weight is 270 g/mol. The van der Waals surface area contributed by atoms with Gasteiger partial charge < -0.3 is 10.0 Å². The fourth-order valence-corrected chi connectivity index (χ4v) is 2.10. The molecule has 1 aliphatic carbocycles. The van der Waals surface area contributed by atoms with Crippen LogP contribution in [0.4, 0.5) is 0 Å². The molecule has 1 heterocycles. The lowest BCUT2D eigenvalue weighted by molar-refractivity contribution is -0.132. The summed E-state index contributed by atoms with van der Waals surface area (Å²) in [7, 11) is 0. The summed E-state index contributed by atoms with van der Waals surface area (Å²) in [5, 5.41) is 9.03. The van der Waals surface area contributed by atoms with E-state index in [1.54, 1.807) is 6.20 Å². The second-order valence-electron chi connectivity index (χ2n) is 3.86. The van der Waals surface area contributed by atoms with E-state index in [4.69, 9.17) is 5.11 Å². The van der Waals surface area contributed by atoms with Gasteiger partial charge in [0.1, 0.15) is 0 Å². The van der Waals surface area contributed by atoms with E-state index in [0.29, 0.717) is 11.6 Å². The van der Waals surface area contributed by atoms with Crippen molar-refractivity contribution in [3.05, 3.63) is 34.1 Å². The zero-order valence-electron chi connectivity index (χ0n) is 8.46. The summed E-state index contributed by atoms with van der Waals surface area (Å²) in [4.78, 5) is 13.0. The molecule has 4 heteroatoms. The van der Waals surface area contributed by atoms with Crippen LogP contribution in [0.25, 0.3) is 0 Å². The van der Waals surface area contributed by atoms with Gasteiger partial charge in [-0.3, -0.25) is 0 Å². The van der Waals surface area contributed by atoms with Gasteiger partial charge in [0.05, 0.1) is 5.57 Å². The Morgan fingerprint density at radius 2 is 2.27 bits per heavy atom. The second kappa shape index (κ2) is 3.52. The topological polar surface area (TPSA) is 40.5 Å². The molecule has 80 valence electrons. The molecule has 0 saturated heterocycles. The third-order valence-electron chi connectivity index (χ3n) is 2.73. The lowest BCUT2D eigenvalue weighted by atomic mass is 10.0. The summed E-state index contributed by atoms with van der Waals surface area (Å²) in [6.07, 6.45) is 3.96. The van der Waals surface area contributed by atoms with Gasteiger partial charge in [0.2, 0.25) is 0 Å². The van der Waals surface area contributed by atoms with Crippen molar-refractivity contribution in [2.45, 2.75) is 25.8 Å². The molecule has 0 aromatic carbocycles.